The maximum Gasteiger partial charge on any atom is 0.227 e. The highest BCUT2D eigenvalue weighted by Crippen LogP contribution is 2.21. The molecule has 0 unspecified atom stereocenters. The van der Waals surface area contributed by atoms with Gasteiger partial charge in [0.1, 0.15) is 0 Å². The van der Waals surface area contributed by atoms with Crippen LogP contribution in [0.2, 0.25) is 0 Å². The molecule has 154 valence electrons. The summed E-state index contributed by atoms with van der Waals surface area (Å²) >= 11 is 0. The Morgan fingerprint density at radius 2 is 0.839 bits per heavy atom. The Hall–Kier alpha value is -3.44. The monoisotopic (exact) mass is 473 g/mol. The number of halogens is 1. The van der Waals surface area contributed by atoms with Crippen LogP contribution in [0.5, 0.6) is 0 Å². The van der Waals surface area contributed by atoms with Crippen molar-refractivity contribution in [1.29, 1.82) is 0 Å². The Morgan fingerprint density at radius 1 is 0.516 bits per heavy atom. The minimum atomic E-state index is 0. The van der Waals surface area contributed by atoms with Gasteiger partial charge >= 0.3 is 0 Å². The van der Waals surface area contributed by atoms with E-state index in [1.54, 1.807) is 0 Å². The first kappa shape index (κ1) is 22.2. The molecule has 0 aliphatic carbocycles. The number of benzene rings is 2. The molecular formula is C26H22BrN2O2+. The summed E-state index contributed by atoms with van der Waals surface area (Å²) in [7, 11) is 0. The molecule has 0 N–H and O–H groups in total. The second kappa shape index (κ2) is 10.5. The van der Waals surface area contributed by atoms with Gasteiger partial charge in [-0.05, 0) is 11.1 Å². The number of hydrogen-bond acceptors (Lipinski definition) is 2. The number of hydrogen-bond donors (Lipinski definition) is 0. The maximum absolute atomic E-state index is 12.5. The number of carbonyl (C=O) groups is 2. The highest BCUT2D eigenvalue weighted by Gasteiger charge is 2.13. The van der Waals surface area contributed by atoms with E-state index < -0.39 is 0 Å². The maximum atomic E-state index is 12.5. The first-order valence-electron chi connectivity index (χ1n) is 9.84. The van der Waals surface area contributed by atoms with Crippen LogP contribution in [0.25, 0.3) is 11.1 Å². The number of pyridine rings is 2. The molecule has 5 heteroatoms. The van der Waals surface area contributed by atoms with Gasteiger partial charge in [0.05, 0.1) is 0 Å². The van der Waals surface area contributed by atoms with Gasteiger partial charge in [-0.1, -0.05) is 60.7 Å². The van der Waals surface area contributed by atoms with Gasteiger partial charge in [0.15, 0.2) is 24.8 Å². The van der Waals surface area contributed by atoms with Crippen molar-refractivity contribution in [2.24, 2.45) is 0 Å². The predicted octanol–water partition coefficient (Wildman–Crippen LogP) is 0.698. The van der Waals surface area contributed by atoms with Crippen LogP contribution in [-0.4, -0.2) is 11.6 Å². The molecule has 4 rings (SSSR count). The quantitative estimate of drug-likeness (QED) is 0.293. The molecule has 4 nitrogen and oxygen atoms in total. The third kappa shape index (κ3) is 5.80. The molecule has 0 bridgehead atoms. The largest absolute Gasteiger partial charge is 1.00 e. The van der Waals surface area contributed by atoms with E-state index in [1.165, 1.54) is 0 Å². The Morgan fingerprint density at radius 3 is 1.16 bits per heavy atom. The minimum Gasteiger partial charge on any atom is -1.00 e. The van der Waals surface area contributed by atoms with E-state index in [0.29, 0.717) is 24.2 Å². The molecule has 0 fully saturated rings. The summed E-state index contributed by atoms with van der Waals surface area (Å²) in [6.07, 6.45) is 7.52. The summed E-state index contributed by atoms with van der Waals surface area (Å²) in [4.78, 5) is 24.9. The highest BCUT2D eigenvalue weighted by molar-refractivity contribution is 5.96. The van der Waals surface area contributed by atoms with Crippen molar-refractivity contribution in [2.45, 2.75) is 13.1 Å². The van der Waals surface area contributed by atoms with Crippen LogP contribution in [0.1, 0.15) is 20.7 Å². The van der Waals surface area contributed by atoms with E-state index in [9.17, 15) is 9.59 Å². The van der Waals surface area contributed by atoms with Crippen molar-refractivity contribution < 1.29 is 35.7 Å². The molecule has 0 spiro atoms. The minimum absolute atomic E-state index is 0. The Kier molecular flexibility index (Phi) is 7.57. The average Bonchev–Trinajstić information content (AvgIpc) is 2.80. The van der Waals surface area contributed by atoms with Crippen LogP contribution in [-0.2, 0) is 13.1 Å². The molecule has 2 heterocycles. The fourth-order valence-electron chi connectivity index (χ4n) is 3.29. The standard InChI is InChI=1S/C26H22N2O2.BrH/c29-25(19-27-15-3-1-4-16-27)23-11-7-21(8-12-23)22-9-13-24(14-10-22)26(30)20-28-17-5-2-6-18-28;/h1-18H,19-20H2;1H/q+2;/p-1. The third-order valence-electron chi connectivity index (χ3n) is 4.95. The zero-order valence-corrected chi connectivity index (χ0v) is 18.5. The van der Waals surface area contributed by atoms with E-state index in [-0.39, 0.29) is 28.5 Å². The van der Waals surface area contributed by atoms with E-state index >= 15 is 0 Å². The number of rotatable bonds is 7. The van der Waals surface area contributed by atoms with Gasteiger partial charge in [0.2, 0.25) is 24.7 Å². The highest BCUT2D eigenvalue weighted by atomic mass is 79.9. The van der Waals surface area contributed by atoms with Gasteiger partial charge in [-0.3, -0.25) is 9.59 Å². The summed E-state index contributed by atoms with van der Waals surface area (Å²) < 4.78 is 3.72. The topological polar surface area (TPSA) is 41.9 Å². The fraction of sp³-hybridized carbons (Fsp3) is 0.0769. The molecule has 0 saturated carbocycles. The molecule has 0 aliphatic rings. The van der Waals surface area contributed by atoms with Gasteiger partial charge in [0.25, 0.3) is 0 Å². The number of Topliss-reactive ketones (excluding diaryl/α,β-unsaturated/α-hetero) is 2. The van der Waals surface area contributed by atoms with Gasteiger partial charge in [-0.25, -0.2) is 0 Å². The molecular weight excluding hydrogens is 452 g/mol. The van der Waals surface area contributed by atoms with Crippen molar-refractivity contribution in [1.82, 2.24) is 0 Å². The lowest BCUT2D eigenvalue weighted by atomic mass is 10.00. The van der Waals surface area contributed by atoms with Crippen LogP contribution < -0.4 is 26.1 Å². The van der Waals surface area contributed by atoms with Crippen LogP contribution in [0.3, 0.4) is 0 Å². The zero-order chi connectivity index (χ0) is 20.8. The van der Waals surface area contributed by atoms with Crippen molar-refractivity contribution in [3.8, 4) is 11.1 Å². The summed E-state index contributed by atoms with van der Waals surface area (Å²) in [6, 6.07) is 26.7. The molecule has 0 radical (unpaired) electrons. The van der Waals surface area contributed by atoms with Crippen LogP contribution >= 0.6 is 0 Å². The molecule has 0 atom stereocenters. The fourth-order valence-corrected chi connectivity index (χ4v) is 3.29. The second-order valence-corrected chi connectivity index (χ2v) is 7.10. The number of ketones is 2. The summed E-state index contributed by atoms with van der Waals surface area (Å²) in [5.74, 6) is 0.134. The molecule has 31 heavy (non-hydrogen) atoms. The van der Waals surface area contributed by atoms with Crippen LogP contribution in [0, 0.1) is 0 Å². The Balaban J connectivity index is 0.00000272. The summed E-state index contributed by atoms with van der Waals surface area (Å²) in [5, 5.41) is 0. The van der Waals surface area contributed by atoms with Crippen molar-refractivity contribution in [3.05, 3.63) is 121 Å². The lowest BCUT2D eigenvalue weighted by Crippen LogP contribution is -3.00. The first-order chi connectivity index (χ1) is 14.7. The van der Waals surface area contributed by atoms with Crippen molar-refractivity contribution in [3.63, 3.8) is 0 Å². The predicted molar refractivity (Wildman–Crippen MR) is 114 cm³/mol. The number of nitrogens with zero attached hydrogens (tertiary/aromatic N) is 2. The first-order valence-corrected chi connectivity index (χ1v) is 9.84. The van der Waals surface area contributed by atoms with E-state index in [0.717, 1.165) is 11.1 Å². The summed E-state index contributed by atoms with van der Waals surface area (Å²) in [5.41, 5.74) is 3.38. The van der Waals surface area contributed by atoms with Crippen molar-refractivity contribution >= 4 is 11.6 Å². The lowest BCUT2D eigenvalue weighted by molar-refractivity contribution is -0.683. The van der Waals surface area contributed by atoms with E-state index in [4.69, 9.17) is 0 Å². The normalized spacial score (nSPS) is 10.2. The van der Waals surface area contributed by atoms with Gasteiger partial charge in [-0.2, -0.15) is 9.13 Å². The lowest BCUT2D eigenvalue weighted by Gasteiger charge is -2.05. The van der Waals surface area contributed by atoms with Crippen molar-refractivity contribution in [2.75, 3.05) is 0 Å². The van der Waals surface area contributed by atoms with E-state index in [1.807, 2.05) is 119 Å². The SMILES string of the molecule is O=C(C[n+]1ccccc1)c1ccc(-c2ccc(C(=O)C[n+]3ccccc3)cc2)cc1.[Br-]. The second-order valence-electron chi connectivity index (χ2n) is 7.10. The Labute approximate surface area is 192 Å². The van der Waals surface area contributed by atoms with Gasteiger partial charge in [0, 0.05) is 35.4 Å². The van der Waals surface area contributed by atoms with Crippen LogP contribution in [0.4, 0.5) is 0 Å². The van der Waals surface area contributed by atoms with Gasteiger partial charge in [-0.15, -0.1) is 0 Å². The van der Waals surface area contributed by atoms with Crippen LogP contribution in [0.15, 0.2) is 110 Å². The molecule has 4 aromatic rings. The van der Waals surface area contributed by atoms with Gasteiger partial charge < -0.3 is 17.0 Å². The van der Waals surface area contributed by atoms with E-state index in [2.05, 4.69) is 0 Å². The number of aromatic nitrogens is 2. The molecule has 0 saturated heterocycles. The molecule has 0 amide bonds. The Bertz CT molecular complexity index is 1050. The number of carbonyl (C=O) groups excluding carboxylic acids is 2. The zero-order valence-electron chi connectivity index (χ0n) is 16.9. The molecule has 2 aromatic carbocycles. The summed E-state index contributed by atoms with van der Waals surface area (Å²) in [6.45, 7) is 0.632. The third-order valence-corrected chi connectivity index (χ3v) is 4.95. The molecule has 0 aliphatic heterocycles. The smallest absolute Gasteiger partial charge is 0.227 e. The average molecular weight is 474 g/mol. The molecule has 2 aromatic heterocycles.